The number of rotatable bonds is 3. The molecule has 0 bridgehead atoms. The van der Waals surface area contributed by atoms with Gasteiger partial charge >= 0.3 is 0 Å². The van der Waals surface area contributed by atoms with Crippen LogP contribution in [-0.4, -0.2) is 35.5 Å². The topological polar surface area (TPSA) is 33.1 Å². The van der Waals surface area contributed by atoms with E-state index in [2.05, 4.69) is 51.8 Å². The summed E-state index contributed by atoms with van der Waals surface area (Å²) in [5.41, 5.74) is 2.62. The molecule has 1 aromatic heterocycles. The van der Waals surface area contributed by atoms with Crippen LogP contribution in [0.25, 0.3) is 0 Å². The van der Waals surface area contributed by atoms with Crippen LogP contribution in [0.4, 0.5) is 5.69 Å². The van der Waals surface area contributed by atoms with Crippen molar-refractivity contribution in [3.05, 3.63) is 48.3 Å². The van der Waals surface area contributed by atoms with Crippen LogP contribution in [0.1, 0.15) is 5.56 Å². The fourth-order valence-electron chi connectivity index (χ4n) is 2.67. The van der Waals surface area contributed by atoms with Crippen LogP contribution in [0.3, 0.4) is 0 Å². The zero-order valence-corrected chi connectivity index (χ0v) is 11.3. The molecular weight excluding hydrogens is 236 g/mol. The summed E-state index contributed by atoms with van der Waals surface area (Å²) in [5, 5.41) is 7.86. The molecule has 2 heterocycles. The molecule has 1 atom stereocenters. The summed E-state index contributed by atoms with van der Waals surface area (Å²) in [7, 11) is 1.97. The summed E-state index contributed by atoms with van der Waals surface area (Å²) in [6.07, 6.45) is 5.12. The molecule has 0 aliphatic carbocycles. The Morgan fingerprint density at radius 2 is 2.16 bits per heavy atom. The lowest BCUT2D eigenvalue weighted by Crippen LogP contribution is -2.51. The normalized spacial score (nSPS) is 19.6. The fourth-order valence-corrected chi connectivity index (χ4v) is 2.67. The average Bonchev–Trinajstić information content (AvgIpc) is 2.87. The second-order valence-corrected chi connectivity index (χ2v) is 5.16. The zero-order chi connectivity index (χ0) is 13.1. The Hall–Kier alpha value is -1.81. The van der Waals surface area contributed by atoms with Crippen molar-refractivity contribution in [1.82, 2.24) is 15.1 Å². The molecule has 0 spiro atoms. The highest BCUT2D eigenvalue weighted by molar-refractivity contribution is 5.43. The number of hydrogen-bond donors (Lipinski definition) is 1. The Morgan fingerprint density at radius 1 is 1.32 bits per heavy atom. The van der Waals surface area contributed by atoms with E-state index in [1.807, 2.05) is 17.9 Å². The van der Waals surface area contributed by atoms with Gasteiger partial charge in [-0.15, -0.1) is 0 Å². The molecule has 1 aliphatic rings. The van der Waals surface area contributed by atoms with Crippen LogP contribution in [-0.2, 0) is 13.5 Å². The molecule has 1 fully saturated rings. The molecule has 1 aromatic carbocycles. The van der Waals surface area contributed by atoms with Gasteiger partial charge in [0.25, 0.3) is 0 Å². The van der Waals surface area contributed by atoms with Crippen molar-refractivity contribution in [2.45, 2.75) is 12.5 Å². The van der Waals surface area contributed by atoms with Gasteiger partial charge in [-0.1, -0.05) is 30.3 Å². The molecule has 1 unspecified atom stereocenters. The molecule has 19 heavy (non-hydrogen) atoms. The van der Waals surface area contributed by atoms with E-state index in [-0.39, 0.29) is 0 Å². The molecule has 1 aliphatic heterocycles. The van der Waals surface area contributed by atoms with Gasteiger partial charge in [0.15, 0.2) is 0 Å². The number of aromatic nitrogens is 2. The van der Waals surface area contributed by atoms with Crippen LogP contribution in [0.5, 0.6) is 0 Å². The first-order valence-electron chi connectivity index (χ1n) is 6.82. The van der Waals surface area contributed by atoms with E-state index in [9.17, 15) is 0 Å². The Morgan fingerprint density at radius 3 is 2.89 bits per heavy atom. The molecule has 3 rings (SSSR count). The van der Waals surface area contributed by atoms with Crippen molar-refractivity contribution in [3.63, 3.8) is 0 Å². The van der Waals surface area contributed by atoms with E-state index >= 15 is 0 Å². The van der Waals surface area contributed by atoms with Gasteiger partial charge in [-0.3, -0.25) is 4.68 Å². The third-order valence-electron chi connectivity index (χ3n) is 3.64. The van der Waals surface area contributed by atoms with Gasteiger partial charge in [-0.2, -0.15) is 5.10 Å². The minimum atomic E-state index is 0.511. The standard InChI is InChI=1S/C15H20N4/c1-18-12-15(10-17-18)19-8-7-16-14(11-19)9-13-5-3-2-4-6-13/h2-6,10,12,14,16H,7-9,11H2,1H3. The Kier molecular flexibility index (Phi) is 3.51. The lowest BCUT2D eigenvalue weighted by Gasteiger charge is -2.34. The minimum Gasteiger partial charge on any atom is -0.366 e. The Balaban J connectivity index is 1.65. The fraction of sp³-hybridized carbons (Fsp3) is 0.400. The number of hydrogen-bond acceptors (Lipinski definition) is 3. The van der Waals surface area contributed by atoms with Crippen molar-refractivity contribution in [3.8, 4) is 0 Å². The maximum Gasteiger partial charge on any atom is 0.0753 e. The summed E-state index contributed by atoms with van der Waals surface area (Å²) >= 11 is 0. The monoisotopic (exact) mass is 256 g/mol. The third kappa shape index (κ3) is 2.96. The number of benzene rings is 1. The smallest absolute Gasteiger partial charge is 0.0753 e. The summed E-state index contributed by atoms with van der Waals surface area (Å²) in [6.45, 7) is 3.13. The van der Waals surface area contributed by atoms with Crippen LogP contribution < -0.4 is 10.2 Å². The van der Waals surface area contributed by atoms with Crippen molar-refractivity contribution < 1.29 is 0 Å². The molecule has 1 N–H and O–H groups in total. The van der Waals surface area contributed by atoms with E-state index in [1.54, 1.807) is 0 Å². The molecule has 0 amide bonds. The first kappa shape index (κ1) is 12.2. The lowest BCUT2D eigenvalue weighted by molar-refractivity contribution is 0.454. The minimum absolute atomic E-state index is 0.511. The van der Waals surface area contributed by atoms with Gasteiger partial charge < -0.3 is 10.2 Å². The second-order valence-electron chi connectivity index (χ2n) is 5.16. The van der Waals surface area contributed by atoms with E-state index in [1.165, 1.54) is 11.3 Å². The van der Waals surface area contributed by atoms with E-state index in [0.717, 1.165) is 26.1 Å². The van der Waals surface area contributed by atoms with Crippen molar-refractivity contribution >= 4 is 5.69 Å². The van der Waals surface area contributed by atoms with Crippen LogP contribution in [0, 0.1) is 0 Å². The van der Waals surface area contributed by atoms with E-state index in [0.29, 0.717) is 6.04 Å². The number of piperazine rings is 1. The van der Waals surface area contributed by atoms with Crippen LogP contribution in [0.15, 0.2) is 42.7 Å². The average molecular weight is 256 g/mol. The molecule has 100 valence electrons. The van der Waals surface area contributed by atoms with Crippen LogP contribution >= 0.6 is 0 Å². The summed E-state index contributed by atoms with van der Waals surface area (Å²) < 4.78 is 1.86. The Labute approximate surface area is 114 Å². The molecule has 0 radical (unpaired) electrons. The molecule has 4 nitrogen and oxygen atoms in total. The largest absolute Gasteiger partial charge is 0.366 e. The molecule has 0 saturated carbocycles. The summed E-state index contributed by atoms with van der Waals surface area (Å²) in [5.74, 6) is 0. The van der Waals surface area contributed by atoms with E-state index < -0.39 is 0 Å². The number of nitrogens with one attached hydrogen (secondary N) is 1. The van der Waals surface area contributed by atoms with Gasteiger partial charge in [-0.25, -0.2) is 0 Å². The number of anilines is 1. The Bertz CT molecular complexity index is 520. The molecule has 1 saturated heterocycles. The first-order valence-corrected chi connectivity index (χ1v) is 6.82. The van der Waals surface area contributed by atoms with Gasteiger partial charge in [0, 0.05) is 38.9 Å². The van der Waals surface area contributed by atoms with Crippen molar-refractivity contribution in [2.75, 3.05) is 24.5 Å². The number of nitrogens with zero attached hydrogens (tertiary/aromatic N) is 3. The highest BCUT2D eigenvalue weighted by Crippen LogP contribution is 2.16. The van der Waals surface area contributed by atoms with E-state index in [4.69, 9.17) is 0 Å². The third-order valence-corrected chi connectivity index (χ3v) is 3.64. The number of aryl methyl sites for hydroxylation is 1. The van der Waals surface area contributed by atoms with Crippen molar-refractivity contribution in [2.24, 2.45) is 7.05 Å². The second kappa shape index (κ2) is 5.45. The van der Waals surface area contributed by atoms with Gasteiger partial charge in [-0.05, 0) is 12.0 Å². The quantitative estimate of drug-likeness (QED) is 0.902. The predicted molar refractivity (Wildman–Crippen MR) is 77.4 cm³/mol. The van der Waals surface area contributed by atoms with Gasteiger partial charge in [0.2, 0.25) is 0 Å². The zero-order valence-electron chi connectivity index (χ0n) is 11.3. The highest BCUT2D eigenvalue weighted by atomic mass is 15.3. The summed E-state index contributed by atoms with van der Waals surface area (Å²) in [6, 6.07) is 11.2. The first-order chi connectivity index (χ1) is 9.31. The highest BCUT2D eigenvalue weighted by Gasteiger charge is 2.20. The molecule has 2 aromatic rings. The van der Waals surface area contributed by atoms with Crippen molar-refractivity contribution in [1.29, 1.82) is 0 Å². The maximum atomic E-state index is 4.26. The predicted octanol–water partition coefficient (Wildman–Crippen LogP) is 1.44. The molecule has 4 heteroatoms. The van der Waals surface area contributed by atoms with Crippen LogP contribution in [0.2, 0.25) is 0 Å². The molecular formula is C15H20N4. The summed E-state index contributed by atoms with van der Waals surface area (Å²) in [4.78, 5) is 2.41. The van der Waals surface area contributed by atoms with Gasteiger partial charge in [0.05, 0.1) is 11.9 Å². The lowest BCUT2D eigenvalue weighted by atomic mass is 10.0. The van der Waals surface area contributed by atoms with Gasteiger partial charge in [0.1, 0.15) is 0 Å². The SMILES string of the molecule is Cn1cc(N2CCNC(Cc3ccccc3)C2)cn1. The maximum absolute atomic E-state index is 4.26.